The van der Waals surface area contributed by atoms with E-state index in [0.717, 1.165) is 18.2 Å². The van der Waals surface area contributed by atoms with Gasteiger partial charge in [0.1, 0.15) is 0 Å². The summed E-state index contributed by atoms with van der Waals surface area (Å²) in [5.74, 6) is -2.82. The molecule has 1 amide bonds. The number of carbonyl (C=O) groups is 2. The maximum absolute atomic E-state index is 13.4. The van der Waals surface area contributed by atoms with E-state index < -0.39 is 44.9 Å². The van der Waals surface area contributed by atoms with Crippen molar-refractivity contribution in [2.45, 2.75) is 11.8 Å². The number of benzene rings is 2. The molecule has 1 heterocycles. The fourth-order valence-corrected chi connectivity index (χ4v) is 4.73. The molecular formula is C20H20FN3O8S. The van der Waals surface area contributed by atoms with Gasteiger partial charge in [-0.15, -0.1) is 0 Å². The number of rotatable bonds is 7. The zero-order valence-electron chi connectivity index (χ0n) is 17.4. The molecule has 3 rings (SSSR count). The molecule has 0 radical (unpaired) electrons. The molecule has 0 aliphatic carbocycles. The lowest BCUT2D eigenvalue weighted by atomic mass is 10.1. The highest BCUT2D eigenvalue weighted by Gasteiger charge is 2.28. The van der Waals surface area contributed by atoms with Crippen molar-refractivity contribution < 1.29 is 36.8 Å². The van der Waals surface area contributed by atoms with Gasteiger partial charge in [-0.25, -0.2) is 13.2 Å². The SMILES string of the molecule is Cc1ccc(C(=O)OCC(=O)Nc2ccc(F)c([N+](=O)[O-])c2)cc1S(=O)(=O)N1CCOCC1. The first kappa shape index (κ1) is 24.2. The van der Waals surface area contributed by atoms with Crippen molar-refractivity contribution in [3.8, 4) is 0 Å². The molecule has 33 heavy (non-hydrogen) atoms. The molecule has 176 valence electrons. The highest BCUT2D eigenvalue weighted by Crippen LogP contribution is 2.23. The average Bonchev–Trinajstić information content (AvgIpc) is 2.79. The molecule has 13 heteroatoms. The van der Waals surface area contributed by atoms with Crippen LogP contribution < -0.4 is 5.32 Å². The van der Waals surface area contributed by atoms with Gasteiger partial charge in [0.25, 0.3) is 5.91 Å². The Bertz CT molecular complexity index is 1200. The van der Waals surface area contributed by atoms with E-state index in [1.54, 1.807) is 6.92 Å². The monoisotopic (exact) mass is 481 g/mol. The number of sulfonamides is 1. The quantitative estimate of drug-likeness (QED) is 0.358. The lowest BCUT2D eigenvalue weighted by Gasteiger charge is -2.26. The zero-order chi connectivity index (χ0) is 24.2. The lowest BCUT2D eigenvalue weighted by molar-refractivity contribution is -0.387. The number of amides is 1. The van der Waals surface area contributed by atoms with E-state index in [1.807, 2.05) is 0 Å². The van der Waals surface area contributed by atoms with Crippen LogP contribution in [0.4, 0.5) is 15.8 Å². The number of morpholine rings is 1. The van der Waals surface area contributed by atoms with E-state index in [9.17, 15) is 32.5 Å². The van der Waals surface area contributed by atoms with Crippen molar-refractivity contribution in [3.63, 3.8) is 0 Å². The predicted octanol–water partition coefficient (Wildman–Crippen LogP) is 1.86. The molecule has 2 aromatic rings. The van der Waals surface area contributed by atoms with E-state index in [0.29, 0.717) is 5.56 Å². The summed E-state index contributed by atoms with van der Waals surface area (Å²) in [5, 5.41) is 13.0. The normalized spacial score (nSPS) is 14.5. The van der Waals surface area contributed by atoms with Gasteiger partial charge in [-0.2, -0.15) is 8.70 Å². The number of hydrogen-bond donors (Lipinski definition) is 1. The summed E-state index contributed by atoms with van der Waals surface area (Å²) < 4.78 is 50.6. The molecule has 0 spiro atoms. The van der Waals surface area contributed by atoms with Crippen molar-refractivity contribution in [2.24, 2.45) is 0 Å². The number of carbonyl (C=O) groups excluding carboxylic acids is 2. The van der Waals surface area contributed by atoms with Crippen LogP contribution in [0.15, 0.2) is 41.3 Å². The number of esters is 1. The maximum atomic E-state index is 13.4. The average molecular weight is 481 g/mol. The molecule has 0 aromatic heterocycles. The van der Waals surface area contributed by atoms with Gasteiger partial charge in [-0.1, -0.05) is 6.07 Å². The molecule has 1 saturated heterocycles. The van der Waals surface area contributed by atoms with Crippen molar-refractivity contribution in [1.82, 2.24) is 4.31 Å². The van der Waals surface area contributed by atoms with Gasteiger partial charge in [0.05, 0.1) is 28.6 Å². The van der Waals surface area contributed by atoms with Gasteiger partial charge in [0.2, 0.25) is 15.8 Å². The standard InChI is InChI=1S/C20H20FN3O8S/c1-13-2-3-14(10-18(13)33(29,30)23-6-8-31-9-7-23)20(26)32-12-19(25)22-15-4-5-16(21)17(11-15)24(27)28/h2-5,10-11H,6-9,12H2,1H3,(H,22,25). The van der Waals surface area contributed by atoms with Crippen LogP contribution in [0.5, 0.6) is 0 Å². The van der Waals surface area contributed by atoms with Gasteiger partial charge in [-0.3, -0.25) is 14.9 Å². The Kier molecular flexibility index (Phi) is 7.36. The summed E-state index contributed by atoms with van der Waals surface area (Å²) in [7, 11) is -3.85. The predicted molar refractivity (Wildman–Crippen MR) is 113 cm³/mol. The van der Waals surface area contributed by atoms with Crippen LogP contribution in [-0.2, 0) is 24.3 Å². The number of nitrogens with zero attached hydrogens (tertiary/aromatic N) is 2. The number of aryl methyl sites for hydroxylation is 1. The molecule has 11 nitrogen and oxygen atoms in total. The number of anilines is 1. The summed E-state index contributed by atoms with van der Waals surface area (Å²) in [6.45, 7) is 1.77. The highest BCUT2D eigenvalue weighted by atomic mass is 32.2. The molecular weight excluding hydrogens is 461 g/mol. The molecule has 0 bridgehead atoms. The number of hydrogen-bond acceptors (Lipinski definition) is 8. The number of ether oxygens (including phenoxy) is 2. The fraction of sp³-hybridized carbons (Fsp3) is 0.300. The molecule has 1 N–H and O–H groups in total. The Morgan fingerprint density at radius 2 is 1.91 bits per heavy atom. The molecule has 0 atom stereocenters. The summed E-state index contributed by atoms with van der Waals surface area (Å²) in [4.78, 5) is 34.2. The number of halogens is 1. The first-order valence-electron chi connectivity index (χ1n) is 9.69. The second-order valence-corrected chi connectivity index (χ2v) is 8.95. The highest BCUT2D eigenvalue weighted by molar-refractivity contribution is 7.89. The molecule has 1 aliphatic rings. The first-order chi connectivity index (χ1) is 15.6. The number of nitrogens with one attached hydrogen (secondary N) is 1. The third-order valence-corrected chi connectivity index (χ3v) is 6.81. The van der Waals surface area contributed by atoms with Crippen LogP contribution in [0.1, 0.15) is 15.9 Å². The minimum atomic E-state index is -3.85. The summed E-state index contributed by atoms with van der Waals surface area (Å²) in [5.41, 5.74) is -0.511. The Hall–Kier alpha value is -3.42. The van der Waals surface area contributed by atoms with Crippen molar-refractivity contribution >= 4 is 33.3 Å². The second-order valence-electron chi connectivity index (χ2n) is 7.04. The van der Waals surface area contributed by atoms with Crippen LogP contribution in [0.25, 0.3) is 0 Å². The minimum Gasteiger partial charge on any atom is -0.452 e. The minimum absolute atomic E-state index is 0.0538. The van der Waals surface area contributed by atoms with Gasteiger partial charge >= 0.3 is 11.7 Å². The number of nitro groups is 1. The van der Waals surface area contributed by atoms with Gasteiger partial charge < -0.3 is 14.8 Å². The Morgan fingerprint density at radius 3 is 2.58 bits per heavy atom. The van der Waals surface area contributed by atoms with Crippen LogP contribution in [-0.4, -0.2) is 62.4 Å². The van der Waals surface area contributed by atoms with E-state index in [-0.39, 0.29) is 42.4 Å². The van der Waals surface area contributed by atoms with Crippen LogP contribution >= 0.6 is 0 Å². The number of nitro benzene ring substituents is 1. The summed E-state index contributed by atoms with van der Waals surface area (Å²) in [6, 6.07) is 6.79. The molecule has 0 saturated carbocycles. The molecule has 1 fully saturated rings. The van der Waals surface area contributed by atoms with Crippen LogP contribution in [0.2, 0.25) is 0 Å². The largest absolute Gasteiger partial charge is 0.452 e. The van der Waals surface area contributed by atoms with E-state index in [2.05, 4.69) is 5.32 Å². The van der Waals surface area contributed by atoms with Crippen LogP contribution in [0.3, 0.4) is 0 Å². The van der Waals surface area contributed by atoms with Gasteiger partial charge in [0, 0.05) is 24.8 Å². The Balaban J connectivity index is 1.67. The van der Waals surface area contributed by atoms with Crippen molar-refractivity contribution in [2.75, 3.05) is 38.2 Å². The van der Waals surface area contributed by atoms with Crippen LogP contribution in [0, 0.1) is 22.9 Å². The smallest absolute Gasteiger partial charge is 0.338 e. The van der Waals surface area contributed by atoms with Crippen molar-refractivity contribution in [1.29, 1.82) is 0 Å². The topological polar surface area (TPSA) is 145 Å². The van der Waals surface area contributed by atoms with E-state index in [1.165, 1.54) is 22.5 Å². The Labute approximate surface area is 188 Å². The summed E-state index contributed by atoms with van der Waals surface area (Å²) in [6.07, 6.45) is 0. The fourth-order valence-electron chi connectivity index (χ4n) is 3.07. The lowest BCUT2D eigenvalue weighted by Crippen LogP contribution is -2.40. The Morgan fingerprint density at radius 1 is 1.21 bits per heavy atom. The van der Waals surface area contributed by atoms with E-state index in [4.69, 9.17) is 9.47 Å². The van der Waals surface area contributed by atoms with Gasteiger partial charge in [-0.05, 0) is 36.8 Å². The second kappa shape index (κ2) is 10.0. The third kappa shape index (κ3) is 5.69. The van der Waals surface area contributed by atoms with Crippen molar-refractivity contribution in [3.05, 3.63) is 63.5 Å². The first-order valence-corrected chi connectivity index (χ1v) is 11.1. The zero-order valence-corrected chi connectivity index (χ0v) is 18.3. The molecule has 1 aliphatic heterocycles. The third-order valence-electron chi connectivity index (χ3n) is 4.77. The maximum Gasteiger partial charge on any atom is 0.338 e. The van der Waals surface area contributed by atoms with E-state index >= 15 is 0 Å². The molecule has 0 unspecified atom stereocenters. The molecule has 2 aromatic carbocycles. The summed E-state index contributed by atoms with van der Waals surface area (Å²) >= 11 is 0. The van der Waals surface area contributed by atoms with Gasteiger partial charge in [0.15, 0.2) is 6.61 Å².